The first-order chi connectivity index (χ1) is 14.6. The predicted octanol–water partition coefficient (Wildman–Crippen LogP) is 5.99. The predicted molar refractivity (Wildman–Crippen MR) is 117 cm³/mol. The molecule has 5 nitrogen and oxygen atoms in total. The van der Waals surface area contributed by atoms with Crippen LogP contribution in [0.1, 0.15) is 18.9 Å². The number of halogens is 5. The zero-order valence-electron chi connectivity index (χ0n) is 16.0. The largest absolute Gasteiger partial charge is 0.417 e. The molecule has 2 aromatic carbocycles. The van der Waals surface area contributed by atoms with Crippen molar-refractivity contribution in [3.8, 4) is 0 Å². The van der Waals surface area contributed by atoms with Gasteiger partial charge in [0.05, 0.1) is 27.0 Å². The summed E-state index contributed by atoms with van der Waals surface area (Å²) in [5.41, 5.74) is -0.664. The quantitative estimate of drug-likeness (QED) is 0.573. The Bertz CT molecular complexity index is 1050. The fourth-order valence-electron chi connectivity index (χ4n) is 2.84. The summed E-state index contributed by atoms with van der Waals surface area (Å²) in [4.78, 5) is 30.8. The van der Waals surface area contributed by atoms with Gasteiger partial charge in [-0.05, 0) is 37.3 Å². The molecule has 2 amide bonds. The number of thioether (sulfide) groups is 1. The van der Waals surface area contributed by atoms with Crippen molar-refractivity contribution in [1.29, 1.82) is 0 Å². The molecule has 0 aliphatic carbocycles. The van der Waals surface area contributed by atoms with E-state index in [9.17, 15) is 22.8 Å². The molecule has 0 aromatic heterocycles. The van der Waals surface area contributed by atoms with Crippen LogP contribution < -0.4 is 5.32 Å². The molecule has 3 rings (SSSR count). The van der Waals surface area contributed by atoms with E-state index in [2.05, 4.69) is 10.3 Å². The van der Waals surface area contributed by atoms with Gasteiger partial charge in [-0.1, -0.05) is 47.1 Å². The van der Waals surface area contributed by atoms with Gasteiger partial charge in [-0.3, -0.25) is 14.5 Å². The number of para-hydroxylation sites is 1. The van der Waals surface area contributed by atoms with Crippen molar-refractivity contribution in [3.63, 3.8) is 0 Å². The zero-order valence-corrected chi connectivity index (χ0v) is 18.4. The molecule has 0 saturated carbocycles. The molecule has 1 saturated heterocycles. The molecule has 1 atom stereocenters. The Morgan fingerprint density at radius 1 is 1.23 bits per heavy atom. The summed E-state index contributed by atoms with van der Waals surface area (Å²) in [6.07, 6.45) is -4.73. The standard InChI is InChI=1S/C20H16Cl2F3N3O2S/c1-2-28-17(29)10-16(18(30)27-15-6-4-3-5-14(15)22)31-19(28)26-11-7-8-13(21)12(9-11)20(23,24)25/h3-9,16H,2,10H2,1H3,(H,27,30). The highest BCUT2D eigenvalue weighted by atomic mass is 35.5. The van der Waals surface area contributed by atoms with Crippen LogP contribution in [-0.2, 0) is 15.8 Å². The first-order valence-corrected chi connectivity index (χ1v) is 10.7. The van der Waals surface area contributed by atoms with Gasteiger partial charge in [0.25, 0.3) is 0 Å². The monoisotopic (exact) mass is 489 g/mol. The molecule has 2 aromatic rings. The molecule has 11 heteroatoms. The number of benzene rings is 2. The lowest BCUT2D eigenvalue weighted by Gasteiger charge is -2.31. The third-order valence-corrected chi connectivity index (χ3v) is 6.21. The third kappa shape index (κ3) is 5.53. The number of aliphatic imine (C=N–C) groups is 1. The topological polar surface area (TPSA) is 61.8 Å². The number of carbonyl (C=O) groups is 2. The van der Waals surface area contributed by atoms with Gasteiger partial charge in [0.1, 0.15) is 5.25 Å². The van der Waals surface area contributed by atoms with Gasteiger partial charge in [0.2, 0.25) is 11.8 Å². The molecule has 1 N–H and O–H groups in total. The van der Waals surface area contributed by atoms with Crippen LogP contribution in [0.3, 0.4) is 0 Å². The number of hydrogen-bond donors (Lipinski definition) is 1. The Morgan fingerprint density at radius 3 is 2.58 bits per heavy atom. The number of alkyl halides is 3. The van der Waals surface area contributed by atoms with Gasteiger partial charge in [0, 0.05) is 13.0 Å². The second-order valence-electron chi connectivity index (χ2n) is 6.47. The molecule has 1 aliphatic heterocycles. The van der Waals surface area contributed by atoms with Crippen LogP contribution in [0.4, 0.5) is 24.5 Å². The van der Waals surface area contributed by atoms with Crippen LogP contribution in [0.2, 0.25) is 10.0 Å². The van der Waals surface area contributed by atoms with Gasteiger partial charge in [-0.2, -0.15) is 13.2 Å². The van der Waals surface area contributed by atoms with Crippen LogP contribution in [-0.4, -0.2) is 33.7 Å². The number of carbonyl (C=O) groups excluding carboxylic acids is 2. The Balaban J connectivity index is 1.89. The lowest BCUT2D eigenvalue weighted by molar-refractivity contribution is -0.137. The van der Waals surface area contributed by atoms with E-state index in [0.717, 1.165) is 23.9 Å². The molecule has 0 bridgehead atoms. The number of amidine groups is 1. The number of amides is 2. The summed E-state index contributed by atoms with van der Waals surface area (Å²) in [5, 5.41) is 1.87. The fraction of sp³-hybridized carbons (Fsp3) is 0.250. The van der Waals surface area contributed by atoms with Gasteiger partial charge >= 0.3 is 6.18 Å². The summed E-state index contributed by atoms with van der Waals surface area (Å²) in [6, 6.07) is 9.86. The van der Waals surface area contributed by atoms with Crippen LogP contribution in [0.15, 0.2) is 47.5 Å². The highest BCUT2D eigenvalue weighted by Gasteiger charge is 2.36. The molecule has 1 heterocycles. The summed E-state index contributed by atoms with van der Waals surface area (Å²) in [5.74, 6) is -0.814. The average Bonchev–Trinajstić information content (AvgIpc) is 2.70. The highest BCUT2D eigenvalue weighted by Crippen LogP contribution is 2.38. The third-order valence-electron chi connectivity index (χ3n) is 4.36. The van der Waals surface area contributed by atoms with Crippen molar-refractivity contribution in [2.24, 2.45) is 4.99 Å². The van der Waals surface area contributed by atoms with Gasteiger partial charge in [-0.15, -0.1) is 0 Å². The van der Waals surface area contributed by atoms with Gasteiger partial charge in [-0.25, -0.2) is 4.99 Å². The van der Waals surface area contributed by atoms with E-state index in [1.807, 2.05) is 0 Å². The van der Waals surface area contributed by atoms with Crippen molar-refractivity contribution in [1.82, 2.24) is 4.90 Å². The first-order valence-electron chi connectivity index (χ1n) is 9.08. The first kappa shape index (κ1) is 23.4. The second kappa shape index (κ2) is 9.50. The number of hydrogen-bond acceptors (Lipinski definition) is 4. The fourth-order valence-corrected chi connectivity index (χ4v) is 4.41. The summed E-state index contributed by atoms with van der Waals surface area (Å²) < 4.78 is 39.5. The molecular weight excluding hydrogens is 474 g/mol. The van der Waals surface area contributed by atoms with Crippen LogP contribution >= 0.6 is 35.0 Å². The number of rotatable bonds is 4. The number of nitrogens with one attached hydrogen (secondary N) is 1. The summed E-state index contributed by atoms with van der Waals surface area (Å²) in [6.45, 7) is 1.96. The van der Waals surface area contributed by atoms with Gasteiger partial charge in [0.15, 0.2) is 5.17 Å². The molecule has 1 fully saturated rings. The molecule has 164 valence electrons. The van der Waals surface area contributed by atoms with Crippen molar-refractivity contribution in [2.45, 2.75) is 24.8 Å². The summed E-state index contributed by atoms with van der Waals surface area (Å²) in [7, 11) is 0. The average molecular weight is 490 g/mol. The number of anilines is 1. The minimum Gasteiger partial charge on any atom is -0.324 e. The SMILES string of the molecule is CCN1C(=O)CC(C(=O)Nc2ccccc2Cl)SC1=Nc1ccc(Cl)c(C(F)(F)F)c1. The Hall–Kier alpha value is -2.23. The number of nitrogens with zero attached hydrogens (tertiary/aromatic N) is 2. The Kier molecular flexibility index (Phi) is 7.18. The second-order valence-corrected chi connectivity index (χ2v) is 8.46. The maximum Gasteiger partial charge on any atom is 0.417 e. The van der Waals surface area contributed by atoms with E-state index >= 15 is 0 Å². The van der Waals surface area contributed by atoms with E-state index in [1.54, 1.807) is 31.2 Å². The lowest BCUT2D eigenvalue weighted by Crippen LogP contribution is -2.45. The maximum atomic E-state index is 13.2. The zero-order chi connectivity index (χ0) is 22.8. The van der Waals surface area contributed by atoms with Crippen molar-refractivity contribution in [2.75, 3.05) is 11.9 Å². The molecule has 0 radical (unpaired) electrons. The van der Waals surface area contributed by atoms with Crippen LogP contribution in [0, 0.1) is 0 Å². The normalized spacial score (nSPS) is 18.4. The van der Waals surface area contributed by atoms with E-state index in [1.165, 1.54) is 11.0 Å². The molecule has 0 spiro atoms. The van der Waals surface area contributed by atoms with E-state index < -0.39 is 27.9 Å². The van der Waals surface area contributed by atoms with Crippen molar-refractivity contribution >= 4 is 63.3 Å². The minimum absolute atomic E-state index is 0.0300. The molecule has 1 unspecified atom stereocenters. The smallest absolute Gasteiger partial charge is 0.324 e. The lowest BCUT2D eigenvalue weighted by atomic mass is 10.2. The minimum atomic E-state index is -4.65. The van der Waals surface area contributed by atoms with Gasteiger partial charge < -0.3 is 5.32 Å². The molecular formula is C20H16Cl2F3N3O2S. The Morgan fingerprint density at radius 2 is 1.94 bits per heavy atom. The summed E-state index contributed by atoms with van der Waals surface area (Å²) >= 11 is 12.7. The van der Waals surface area contributed by atoms with Crippen LogP contribution in [0.25, 0.3) is 0 Å². The van der Waals surface area contributed by atoms with E-state index in [4.69, 9.17) is 23.2 Å². The van der Waals surface area contributed by atoms with Crippen LogP contribution in [0.5, 0.6) is 0 Å². The molecule has 1 aliphatic rings. The van der Waals surface area contributed by atoms with E-state index in [0.29, 0.717) is 10.7 Å². The Labute approximate surface area is 190 Å². The molecule has 31 heavy (non-hydrogen) atoms. The van der Waals surface area contributed by atoms with E-state index in [-0.39, 0.29) is 29.7 Å². The maximum absolute atomic E-state index is 13.2. The van der Waals surface area contributed by atoms with Crippen molar-refractivity contribution in [3.05, 3.63) is 58.1 Å². The van der Waals surface area contributed by atoms with Crippen molar-refractivity contribution < 1.29 is 22.8 Å². The highest BCUT2D eigenvalue weighted by molar-refractivity contribution is 8.15.